The first-order valence-electron chi connectivity index (χ1n) is 6.60. The summed E-state index contributed by atoms with van der Waals surface area (Å²) in [6, 6.07) is 14.2. The molecule has 0 bridgehead atoms. The highest BCUT2D eigenvalue weighted by Crippen LogP contribution is 2.48. The quantitative estimate of drug-likeness (QED) is 0.925. The number of benzene rings is 1. The number of nitrogens with zero attached hydrogens (tertiary/aromatic N) is 2. The lowest BCUT2D eigenvalue weighted by molar-refractivity contribution is 0.578. The molecule has 1 fully saturated rings. The standard InChI is InChI=1S/C16H14FN3/c17-14-6-2-1-5-13(14)16(8-9-16)11-19-15-7-3-4-12(10-18)20-15/h1-7H,8-9,11H2,(H,19,20). The van der Waals surface area contributed by atoms with Crippen molar-refractivity contribution in [3.8, 4) is 6.07 Å². The van der Waals surface area contributed by atoms with Crippen LogP contribution in [0.5, 0.6) is 0 Å². The largest absolute Gasteiger partial charge is 0.369 e. The van der Waals surface area contributed by atoms with E-state index in [9.17, 15) is 4.39 Å². The van der Waals surface area contributed by atoms with Crippen molar-refractivity contribution in [1.29, 1.82) is 5.26 Å². The predicted octanol–water partition coefficient (Wildman–Crippen LogP) is 3.24. The SMILES string of the molecule is N#Cc1cccc(NCC2(c3ccccc3F)CC2)n1. The van der Waals surface area contributed by atoms with E-state index in [1.54, 1.807) is 18.2 Å². The fraction of sp³-hybridized carbons (Fsp3) is 0.250. The van der Waals surface area contributed by atoms with Crippen LogP contribution >= 0.6 is 0 Å². The van der Waals surface area contributed by atoms with Crippen molar-refractivity contribution in [2.75, 3.05) is 11.9 Å². The van der Waals surface area contributed by atoms with Gasteiger partial charge in [0.2, 0.25) is 0 Å². The van der Waals surface area contributed by atoms with Gasteiger partial charge in [0.1, 0.15) is 23.4 Å². The van der Waals surface area contributed by atoms with E-state index in [4.69, 9.17) is 5.26 Å². The zero-order chi connectivity index (χ0) is 14.0. The second kappa shape index (κ2) is 4.93. The molecule has 0 saturated heterocycles. The van der Waals surface area contributed by atoms with Gasteiger partial charge in [-0.25, -0.2) is 9.37 Å². The average Bonchev–Trinajstić information content (AvgIpc) is 3.27. The number of nitrogens with one attached hydrogen (secondary N) is 1. The third kappa shape index (κ3) is 2.35. The van der Waals surface area contributed by atoms with Crippen LogP contribution in [0.25, 0.3) is 0 Å². The molecule has 2 aromatic rings. The average molecular weight is 267 g/mol. The van der Waals surface area contributed by atoms with Crippen molar-refractivity contribution in [1.82, 2.24) is 4.98 Å². The number of halogens is 1. The van der Waals surface area contributed by atoms with Gasteiger partial charge < -0.3 is 5.32 Å². The summed E-state index contributed by atoms with van der Waals surface area (Å²) in [6.45, 7) is 0.635. The second-order valence-corrected chi connectivity index (χ2v) is 5.13. The molecule has 1 saturated carbocycles. The van der Waals surface area contributed by atoms with Gasteiger partial charge in [-0.2, -0.15) is 5.26 Å². The molecule has 0 unspecified atom stereocenters. The van der Waals surface area contributed by atoms with Crippen molar-refractivity contribution in [2.24, 2.45) is 0 Å². The van der Waals surface area contributed by atoms with Crippen molar-refractivity contribution >= 4 is 5.82 Å². The van der Waals surface area contributed by atoms with Crippen LogP contribution in [0.1, 0.15) is 24.1 Å². The highest BCUT2D eigenvalue weighted by Gasteiger charge is 2.45. The summed E-state index contributed by atoms with van der Waals surface area (Å²) in [5, 5.41) is 12.0. The Hall–Kier alpha value is -2.41. The molecule has 1 N–H and O–H groups in total. The van der Waals surface area contributed by atoms with Crippen LogP contribution in [0.15, 0.2) is 42.5 Å². The molecule has 3 rings (SSSR count). The minimum absolute atomic E-state index is 0.129. The number of aromatic nitrogens is 1. The van der Waals surface area contributed by atoms with E-state index in [0.29, 0.717) is 18.1 Å². The molecule has 4 heteroatoms. The monoisotopic (exact) mass is 267 g/mol. The highest BCUT2D eigenvalue weighted by molar-refractivity contribution is 5.42. The molecule has 100 valence electrons. The molecule has 1 aliphatic rings. The summed E-state index contributed by atoms with van der Waals surface area (Å²) in [7, 11) is 0. The van der Waals surface area contributed by atoms with E-state index in [1.807, 2.05) is 24.3 Å². The van der Waals surface area contributed by atoms with Crippen LogP contribution in [-0.4, -0.2) is 11.5 Å². The first-order valence-corrected chi connectivity index (χ1v) is 6.60. The van der Waals surface area contributed by atoms with E-state index >= 15 is 0 Å². The molecule has 0 amide bonds. The highest BCUT2D eigenvalue weighted by atomic mass is 19.1. The maximum atomic E-state index is 13.9. The summed E-state index contributed by atoms with van der Waals surface area (Å²) in [5.41, 5.74) is 1.02. The van der Waals surface area contributed by atoms with Gasteiger partial charge in [-0.1, -0.05) is 24.3 Å². The van der Waals surface area contributed by atoms with Crippen LogP contribution < -0.4 is 5.32 Å². The zero-order valence-electron chi connectivity index (χ0n) is 10.9. The third-order valence-electron chi connectivity index (χ3n) is 3.77. The third-order valence-corrected chi connectivity index (χ3v) is 3.77. The van der Waals surface area contributed by atoms with Crippen molar-refractivity contribution < 1.29 is 4.39 Å². The first-order chi connectivity index (χ1) is 9.73. The first kappa shape index (κ1) is 12.6. The number of rotatable bonds is 4. The Morgan fingerprint density at radius 1 is 1.20 bits per heavy atom. The zero-order valence-corrected chi connectivity index (χ0v) is 10.9. The molecule has 0 radical (unpaired) electrons. The van der Waals surface area contributed by atoms with E-state index in [2.05, 4.69) is 10.3 Å². The molecule has 0 atom stereocenters. The Morgan fingerprint density at radius 3 is 2.70 bits per heavy atom. The number of anilines is 1. The van der Waals surface area contributed by atoms with Gasteiger partial charge in [0.05, 0.1) is 0 Å². The smallest absolute Gasteiger partial charge is 0.142 e. The predicted molar refractivity (Wildman–Crippen MR) is 74.8 cm³/mol. The molecule has 1 aromatic carbocycles. The fourth-order valence-electron chi connectivity index (χ4n) is 2.44. The molecule has 1 aliphatic carbocycles. The lowest BCUT2D eigenvalue weighted by Crippen LogP contribution is -2.21. The minimum atomic E-state index is -0.148. The molecular weight excluding hydrogens is 253 g/mol. The van der Waals surface area contributed by atoms with Crippen LogP contribution in [0.2, 0.25) is 0 Å². The number of hydrogen-bond acceptors (Lipinski definition) is 3. The lowest BCUT2D eigenvalue weighted by atomic mass is 9.95. The Bertz CT molecular complexity index is 671. The number of pyridine rings is 1. The van der Waals surface area contributed by atoms with Crippen molar-refractivity contribution in [3.63, 3.8) is 0 Å². The van der Waals surface area contributed by atoms with Crippen molar-refractivity contribution in [3.05, 3.63) is 59.5 Å². The molecule has 20 heavy (non-hydrogen) atoms. The van der Waals surface area contributed by atoms with Gasteiger partial charge in [0, 0.05) is 12.0 Å². The summed E-state index contributed by atoms with van der Waals surface area (Å²) in [4.78, 5) is 4.17. The second-order valence-electron chi connectivity index (χ2n) is 5.13. The lowest BCUT2D eigenvalue weighted by Gasteiger charge is -2.17. The Kier molecular flexibility index (Phi) is 3.11. The van der Waals surface area contributed by atoms with Gasteiger partial charge in [0.15, 0.2) is 0 Å². The summed E-state index contributed by atoms with van der Waals surface area (Å²) >= 11 is 0. The maximum Gasteiger partial charge on any atom is 0.142 e. The van der Waals surface area contributed by atoms with Crippen LogP contribution in [0, 0.1) is 17.1 Å². The molecule has 1 heterocycles. The van der Waals surface area contributed by atoms with E-state index in [0.717, 1.165) is 18.4 Å². The summed E-state index contributed by atoms with van der Waals surface area (Å²) in [6.07, 6.45) is 1.94. The summed E-state index contributed by atoms with van der Waals surface area (Å²) < 4.78 is 13.9. The van der Waals surface area contributed by atoms with Gasteiger partial charge in [-0.3, -0.25) is 0 Å². The molecule has 0 spiro atoms. The number of nitriles is 1. The van der Waals surface area contributed by atoms with E-state index in [-0.39, 0.29) is 11.2 Å². The van der Waals surface area contributed by atoms with Crippen LogP contribution in [0.4, 0.5) is 10.2 Å². The van der Waals surface area contributed by atoms with Crippen molar-refractivity contribution in [2.45, 2.75) is 18.3 Å². The maximum absolute atomic E-state index is 13.9. The molecule has 3 nitrogen and oxygen atoms in total. The minimum Gasteiger partial charge on any atom is -0.369 e. The Morgan fingerprint density at radius 2 is 2.00 bits per heavy atom. The normalized spacial score (nSPS) is 15.4. The molecule has 1 aromatic heterocycles. The Balaban J connectivity index is 1.75. The fourth-order valence-corrected chi connectivity index (χ4v) is 2.44. The van der Waals surface area contributed by atoms with E-state index in [1.165, 1.54) is 6.07 Å². The topological polar surface area (TPSA) is 48.7 Å². The van der Waals surface area contributed by atoms with Crippen LogP contribution in [0.3, 0.4) is 0 Å². The van der Waals surface area contributed by atoms with Gasteiger partial charge in [-0.05, 0) is 36.6 Å². The Labute approximate surface area is 117 Å². The van der Waals surface area contributed by atoms with E-state index < -0.39 is 0 Å². The molecular formula is C16H14FN3. The van der Waals surface area contributed by atoms with Gasteiger partial charge in [-0.15, -0.1) is 0 Å². The van der Waals surface area contributed by atoms with Crippen LogP contribution in [-0.2, 0) is 5.41 Å². The molecule has 0 aliphatic heterocycles. The summed E-state index contributed by atoms with van der Waals surface area (Å²) in [5.74, 6) is 0.511. The number of hydrogen-bond donors (Lipinski definition) is 1. The van der Waals surface area contributed by atoms with Gasteiger partial charge >= 0.3 is 0 Å². The van der Waals surface area contributed by atoms with Gasteiger partial charge in [0.25, 0.3) is 0 Å².